The van der Waals surface area contributed by atoms with Gasteiger partial charge in [0.25, 0.3) is 0 Å². The van der Waals surface area contributed by atoms with Gasteiger partial charge in [0.15, 0.2) is 0 Å². The van der Waals surface area contributed by atoms with E-state index in [2.05, 4.69) is 34.2 Å². The van der Waals surface area contributed by atoms with Crippen LogP contribution in [0, 0.1) is 0 Å². The second kappa shape index (κ2) is 6.80. The van der Waals surface area contributed by atoms with E-state index in [1.165, 1.54) is 22.2 Å². The predicted molar refractivity (Wildman–Crippen MR) is 115 cm³/mol. The minimum atomic E-state index is -0.472. The van der Waals surface area contributed by atoms with Crippen LogP contribution in [0.4, 0.5) is 5.69 Å². The Bertz CT molecular complexity index is 1040. The van der Waals surface area contributed by atoms with Gasteiger partial charge < -0.3 is 9.88 Å². The summed E-state index contributed by atoms with van der Waals surface area (Å²) in [6, 6.07) is 4.44. The summed E-state index contributed by atoms with van der Waals surface area (Å²) < 4.78 is 0. The van der Waals surface area contributed by atoms with Crippen molar-refractivity contribution < 1.29 is 4.79 Å². The highest BCUT2D eigenvalue weighted by Crippen LogP contribution is 2.45. The molecule has 2 N–H and O–H groups in total. The largest absolute Gasteiger partial charge is 0.353 e. The zero-order chi connectivity index (χ0) is 20.1. The fraction of sp³-hybridized carbons (Fsp3) is 0.478. The zero-order valence-corrected chi connectivity index (χ0v) is 17.6. The topological polar surface area (TPSA) is 64.8 Å². The lowest BCUT2D eigenvalue weighted by Crippen LogP contribution is -2.36. The van der Waals surface area contributed by atoms with E-state index in [-0.39, 0.29) is 5.91 Å². The molecule has 1 amide bonds. The summed E-state index contributed by atoms with van der Waals surface area (Å²) in [7, 11) is 0. The molecular weight excluding hydrogens is 348 g/mol. The first kappa shape index (κ1) is 18.8. The quantitative estimate of drug-likeness (QED) is 0.651. The van der Waals surface area contributed by atoms with Gasteiger partial charge in [0.05, 0.1) is 23.0 Å². The molecule has 5 nitrogen and oxygen atoms in total. The number of H-pyrrole nitrogens is 2. The number of rotatable bonds is 2. The molecule has 0 spiro atoms. The second-order valence-electron chi connectivity index (χ2n) is 8.10. The molecule has 2 aromatic heterocycles. The highest BCUT2D eigenvalue weighted by atomic mass is 16.2. The standard InChI is InChI=1S/C21H24N4O.C2H6/c1-4-8-25-17-9-14-13-7-5-6-12-11-22-24-18(12)19(13)23-16(14)10-15(17)21(2,3)20(25)26;1-2/h9-11,23H,4-8H2,1-3H3,(H,22,24);1-2H3. The molecule has 1 aliphatic heterocycles. The third-order valence-corrected chi connectivity index (χ3v) is 6.05. The van der Waals surface area contributed by atoms with Crippen LogP contribution in [0.15, 0.2) is 18.3 Å². The number of aromatic nitrogens is 3. The van der Waals surface area contributed by atoms with E-state index in [1.807, 2.05) is 38.8 Å². The van der Waals surface area contributed by atoms with Crippen LogP contribution in [0.2, 0.25) is 0 Å². The highest BCUT2D eigenvalue weighted by Gasteiger charge is 2.44. The summed E-state index contributed by atoms with van der Waals surface area (Å²) in [5, 5.41) is 8.67. The lowest BCUT2D eigenvalue weighted by Gasteiger charge is -2.19. The highest BCUT2D eigenvalue weighted by molar-refractivity contribution is 6.10. The van der Waals surface area contributed by atoms with E-state index in [0.29, 0.717) is 0 Å². The average molecular weight is 379 g/mol. The first-order valence-electron chi connectivity index (χ1n) is 10.6. The maximum atomic E-state index is 12.9. The van der Waals surface area contributed by atoms with Crippen molar-refractivity contribution in [2.24, 2.45) is 0 Å². The van der Waals surface area contributed by atoms with E-state index >= 15 is 0 Å². The molecule has 2 aliphatic rings. The van der Waals surface area contributed by atoms with Crippen LogP contribution in [0.5, 0.6) is 0 Å². The SMILES string of the molecule is CC.CCCN1C(=O)C(C)(C)c2cc3[nH]c4c(c3cc21)CCCc1cn[nH]c1-4. The normalized spacial score (nSPS) is 16.9. The number of hydrogen-bond donors (Lipinski definition) is 2. The fourth-order valence-corrected chi connectivity index (χ4v) is 4.66. The Kier molecular flexibility index (Phi) is 4.56. The van der Waals surface area contributed by atoms with Crippen LogP contribution in [-0.4, -0.2) is 27.6 Å². The fourth-order valence-electron chi connectivity index (χ4n) is 4.66. The Morgan fingerprint density at radius 3 is 2.71 bits per heavy atom. The molecule has 0 saturated carbocycles. The summed E-state index contributed by atoms with van der Waals surface area (Å²) in [6.45, 7) is 11.0. The Morgan fingerprint density at radius 1 is 1.18 bits per heavy atom. The number of hydrogen-bond acceptors (Lipinski definition) is 2. The molecule has 3 aromatic rings. The molecule has 0 unspecified atom stereocenters. The molecule has 0 bridgehead atoms. The molecule has 3 heterocycles. The van der Waals surface area contributed by atoms with Gasteiger partial charge in [0.1, 0.15) is 0 Å². The van der Waals surface area contributed by atoms with Gasteiger partial charge in [-0.3, -0.25) is 9.89 Å². The summed E-state index contributed by atoms with van der Waals surface area (Å²) in [4.78, 5) is 18.6. The maximum Gasteiger partial charge on any atom is 0.237 e. The van der Waals surface area contributed by atoms with Crippen LogP contribution >= 0.6 is 0 Å². The molecule has 1 aromatic carbocycles. The number of amides is 1. The number of anilines is 1. The number of benzene rings is 1. The number of carbonyl (C=O) groups is 1. The summed E-state index contributed by atoms with van der Waals surface area (Å²) in [5.74, 6) is 0.212. The molecule has 0 fully saturated rings. The van der Waals surface area contributed by atoms with Crippen LogP contribution < -0.4 is 4.90 Å². The van der Waals surface area contributed by atoms with Gasteiger partial charge in [-0.1, -0.05) is 20.8 Å². The Morgan fingerprint density at radius 2 is 1.96 bits per heavy atom. The van der Waals surface area contributed by atoms with E-state index < -0.39 is 5.41 Å². The van der Waals surface area contributed by atoms with Crippen molar-refractivity contribution in [1.29, 1.82) is 0 Å². The van der Waals surface area contributed by atoms with E-state index in [1.54, 1.807) is 0 Å². The number of fused-ring (bicyclic) bond motifs is 6. The monoisotopic (exact) mass is 378 g/mol. The first-order chi connectivity index (χ1) is 13.5. The van der Waals surface area contributed by atoms with Crippen LogP contribution in [0.25, 0.3) is 22.3 Å². The molecule has 0 saturated heterocycles. The number of aryl methyl sites for hydroxylation is 2. The van der Waals surface area contributed by atoms with E-state index in [0.717, 1.165) is 54.7 Å². The first-order valence-corrected chi connectivity index (χ1v) is 10.6. The van der Waals surface area contributed by atoms with Crippen LogP contribution in [0.3, 0.4) is 0 Å². The van der Waals surface area contributed by atoms with Crippen molar-refractivity contribution in [1.82, 2.24) is 15.2 Å². The third kappa shape index (κ3) is 2.52. The van der Waals surface area contributed by atoms with Crippen molar-refractivity contribution in [2.75, 3.05) is 11.4 Å². The summed E-state index contributed by atoms with van der Waals surface area (Å²) in [6.07, 6.45) is 6.12. The number of nitrogens with one attached hydrogen (secondary N) is 2. The molecule has 5 rings (SSSR count). The van der Waals surface area contributed by atoms with Gasteiger partial charge >= 0.3 is 0 Å². The predicted octanol–water partition coefficient (Wildman–Crippen LogP) is 5.11. The number of nitrogens with zero attached hydrogens (tertiary/aromatic N) is 2. The molecule has 1 aliphatic carbocycles. The van der Waals surface area contributed by atoms with Crippen molar-refractivity contribution in [3.8, 4) is 11.4 Å². The molecule has 5 heteroatoms. The Hall–Kier alpha value is -2.56. The van der Waals surface area contributed by atoms with Crippen molar-refractivity contribution >= 4 is 22.5 Å². The minimum absolute atomic E-state index is 0.212. The van der Waals surface area contributed by atoms with Gasteiger partial charge in [-0.25, -0.2) is 0 Å². The Balaban J connectivity index is 0.000000932. The van der Waals surface area contributed by atoms with E-state index in [9.17, 15) is 4.79 Å². The van der Waals surface area contributed by atoms with E-state index in [4.69, 9.17) is 0 Å². The Labute approximate surface area is 166 Å². The molecule has 0 atom stereocenters. The lowest BCUT2D eigenvalue weighted by atomic mass is 9.85. The van der Waals surface area contributed by atoms with Gasteiger partial charge in [0, 0.05) is 23.1 Å². The van der Waals surface area contributed by atoms with Crippen molar-refractivity contribution in [2.45, 2.75) is 65.7 Å². The van der Waals surface area contributed by atoms with Gasteiger partial charge in [-0.05, 0) is 68.4 Å². The van der Waals surface area contributed by atoms with Crippen molar-refractivity contribution in [3.63, 3.8) is 0 Å². The summed E-state index contributed by atoms with van der Waals surface area (Å²) in [5.41, 5.74) is 7.78. The van der Waals surface area contributed by atoms with Gasteiger partial charge in [0.2, 0.25) is 5.91 Å². The zero-order valence-electron chi connectivity index (χ0n) is 17.6. The van der Waals surface area contributed by atoms with Gasteiger partial charge in [-0.2, -0.15) is 5.10 Å². The number of aromatic amines is 2. The molecule has 0 radical (unpaired) electrons. The van der Waals surface area contributed by atoms with Crippen LogP contribution in [0.1, 0.15) is 64.2 Å². The molecule has 148 valence electrons. The van der Waals surface area contributed by atoms with Crippen molar-refractivity contribution in [3.05, 3.63) is 35.0 Å². The van der Waals surface area contributed by atoms with Crippen LogP contribution in [-0.2, 0) is 23.1 Å². The van der Waals surface area contributed by atoms with Gasteiger partial charge in [-0.15, -0.1) is 0 Å². The average Bonchev–Trinajstić information content (AvgIpc) is 3.31. The summed E-state index contributed by atoms with van der Waals surface area (Å²) >= 11 is 0. The second-order valence-corrected chi connectivity index (χ2v) is 8.10. The minimum Gasteiger partial charge on any atom is -0.353 e. The lowest BCUT2D eigenvalue weighted by molar-refractivity contribution is -0.122. The maximum absolute atomic E-state index is 12.9. The third-order valence-electron chi connectivity index (χ3n) is 6.05. The smallest absolute Gasteiger partial charge is 0.237 e. The molecule has 28 heavy (non-hydrogen) atoms. The molecular formula is C23H30N4O. The number of carbonyl (C=O) groups excluding carboxylic acids is 1.